The highest BCUT2D eigenvalue weighted by Crippen LogP contribution is 2.24. The van der Waals surface area contributed by atoms with Crippen molar-refractivity contribution in [2.24, 2.45) is 5.92 Å². The van der Waals surface area contributed by atoms with E-state index in [1.165, 1.54) is 32.1 Å². The molecular weight excluding hydrogens is 288 g/mol. The highest BCUT2D eigenvalue weighted by molar-refractivity contribution is 5.94. The summed E-state index contributed by atoms with van der Waals surface area (Å²) in [5.41, 5.74) is 0.716. The van der Waals surface area contributed by atoms with Crippen LogP contribution in [0.15, 0.2) is 24.3 Å². The molecule has 1 aromatic carbocycles. The Kier molecular flexibility index (Phi) is 5.92. The lowest BCUT2D eigenvalue weighted by molar-refractivity contribution is 0.0929. The van der Waals surface area contributed by atoms with Crippen molar-refractivity contribution in [1.82, 2.24) is 10.6 Å². The van der Waals surface area contributed by atoms with E-state index in [-0.39, 0.29) is 5.91 Å². The molecule has 1 aromatic rings. The molecule has 2 N–H and O–H groups in total. The Hall–Kier alpha value is -1.55. The van der Waals surface area contributed by atoms with E-state index in [0.29, 0.717) is 17.5 Å². The average molecular weight is 316 g/mol. The third-order valence-electron chi connectivity index (χ3n) is 5.00. The van der Waals surface area contributed by atoms with E-state index in [1.807, 2.05) is 24.3 Å². The van der Waals surface area contributed by atoms with Crippen LogP contribution in [0.2, 0.25) is 0 Å². The van der Waals surface area contributed by atoms with Crippen molar-refractivity contribution in [3.05, 3.63) is 29.8 Å². The predicted molar refractivity (Wildman–Crippen MR) is 91.9 cm³/mol. The number of benzene rings is 1. The summed E-state index contributed by atoms with van der Waals surface area (Å²) in [4.78, 5) is 12.3. The molecule has 4 heteroatoms. The van der Waals surface area contributed by atoms with Crippen LogP contribution in [0.3, 0.4) is 0 Å². The van der Waals surface area contributed by atoms with Gasteiger partial charge in [-0.25, -0.2) is 0 Å². The number of carbonyl (C=O) groups excluding carboxylic acids is 1. The van der Waals surface area contributed by atoms with Crippen LogP contribution in [-0.2, 0) is 0 Å². The third kappa shape index (κ3) is 4.96. The second kappa shape index (κ2) is 8.34. The van der Waals surface area contributed by atoms with Crippen molar-refractivity contribution in [2.75, 3.05) is 19.7 Å². The summed E-state index contributed by atoms with van der Waals surface area (Å²) in [5, 5.41) is 6.43. The lowest BCUT2D eigenvalue weighted by Crippen LogP contribution is -2.42. The van der Waals surface area contributed by atoms with Gasteiger partial charge in [0.05, 0.1) is 6.61 Å². The largest absolute Gasteiger partial charge is 0.493 e. The highest BCUT2D eigenvalue weighted by atomic mass is 16.5. The van der Waals surface area contributed by atoms with Crippen LogP contribution in [0.1, 0.15) is 55.3 Å². The maximum Gasteiger partial charge on any atom is 0.251 e. The number of nitrogens with one attached hydrogen (secondary N) is 2. The second-order valence-electron chi connectivity index (χ2n) is 6.84. The predicted octanol–water partition coefficient (Wildman–Crippen LogP) is 3.13. The molecule has 0 radical (unpaired) electrons. The molecule has 1 saturated carbocycles. The Labute approximate surface area is 139 Å². The first-order valence-corrected chi connectivity index (χ1v) is 9.06. The smallest absolute Gasteiger partial charge is 0.251 e. The van der Waals surface area contributed by atoms with E-state index >= 15 is 0 Å². The summed E-state index contributed by atoms with van der Waals surface area (Å²) < 4.78 is 5.89. The van der Waals surface area contributed by atoms with Crippen LogP contribution in [0.5, 0.6) is 5.75 Å². The van der Waals surface area contributed by atoms with E-state index in [4.69, 9.17) is 4.74 Å². The second-order valence-corrected chi connectivity index (χ2v) is 6.84. The van der Waals surface area contributed by atoms with Crippen molar-refractivity contribution in [3.63, 3.8) is 0 Å². The van der Waals surface area contributed by atoms with Gasteiger partial charge in [-0.2, -0.15) is 0 Å². The topological polar surface area (TPSA) is 50.4 Å². The van der Waals surface area contributed by atoms with Gasteiger partial charge < -0.3 is 15.4 Å². The van der Waals surface area contributed by atoms with Gasteiger partial charge in [-0.15, -0.1) is 0 Å². The van der Waals surface area contributed by atoms with Gasteiger partial charge in [-0.1, -0.05) is 19.3 Å². The molecular formula is C19H28N2O2. The zero-order chi connectivity index (χ0) is 15.9. The Bertz CT molecular complexity index is 489. The average Bonchev–Trinajstić information content (AvgIpc) is 2.62. The summed E-state index contributed by atoms with van der Waals surface area (Å²) in [6.07, 6.45) is 8.64. The molecule has 1 amide bonds. The highest BCUT2D eigenvalue weighted by Gasteiger charge is 2.17. The minimum Gasteiger partial charge on any atom is -0.493 e. The van der Waals surface area contributed by atoms with Gasteiger partial charge in [0.2, 0.25) is 0 Å². The molecule has 1 heterocycles. The summed E-state index contributed by atoms with van der Waals surface area (Å²) in [6, 6.07) is 7.87. The van der Waals surface area contributed by atoms with Crippen molar-refractivity contribution in [3.8, 4) is 5.75 Å². The molecule has 126 valence electrons. The van der Waals surface area contributed by atoms with Crippen LogP contribution in [0.25, 0.3) is 0 Å². The fourth-order valence-electron chi connectivity index (χ4n) is 3.51. The number of rotatable bonds is 5. The minimum atomic E-state index is 0.0238. The van der Waals surface area contributed by atoms with Crippen LogP contribution < -0.4 is 15.4 Å². The summed E-state index contributed by atoms with van der Waals surface area (Å²) in [5.74, 6) is 1.59. The Morgan fingerprint density at radius 1 is 1.04 bits per heavy atom. The molecule has 1 aliphatic carbocycles. The summed E-state index contributed by atoms with van der Waals surface area (Å²) >= 11 is 0. The zero-order valence-corrected chi connectivity index (χ0v) is 13.9. The van der Waals surface area contributed by atoms with Gasteiger partial charge in [0.1, 0.15) is 5.75 Å². The van der Waals surface area contributed by atoms with Crippen LogP contribution in [-0.4, -0.2) is 31.6 Å². The normalized spacial score (nSPS) is 20.2. The maximum absolute atomic E-state index is 12.3. The van der Waals surface area contributed by atoms with Gasteiger partial charge in [-0.3, -0.25) is 4.79 Å². The van der Waals surface area contributed by atoms with Gasteiger partial charge in [0, 0.05) is 11.6 Å². The standard InChI is InChI=1S/C19H28N2O2/c22-19(21-17-10-12-20-13-11-17)16-6-8-18(9-7-16)23-14-15-4-2-1-3-5-15/h6-9,15,17,20H,1-5,10-14H2,(H,21,22). The van der Waals surface area contributed by atoms with Gasteiger partial charge in [0.15, 0.2) is 0 Å². The summed E-state index contributed by atoms with van der Waals surface area (Å²) in [7, 11) is 0. The molecule has 0 bridgehead atoms. The van der Waals surface area contributed by atoms with E-state index in [0.717, 1.165) is 38.3 Å². The molecule has 4 nitrogen and oxygen atoms in total. The Morgan fingerprint density at radius 2 is 1.74 bits per heavy atom. The lowest BCUT2D eigenvalue weighted by Gasteiger charge is -2.23. The van der Waals surface area contributed by atoms with E-state index in [9.17, 15) is 4.79 Å². The quantitative estimate of drug-likeness (QED) is 0.877. The first-order valence-electron chi connectivity index (χ1n) is 9.06. The maximum atomic E-state index is 12.3. The number of hydrogen-bond acceptors (Lipinski definition) is 3. The van der Waals surface area contributed by atoms with E-state index in [1.54, 1.807) is 0 Å². The molecule has 0 atom stereocenters. The number of ether oxygens (including phenoxy) is 1. The zero-order valence-electron chi connectivity index (χ0n) is 13.9. The monoisotopic (exact) mass is 316 g/mol. The third-order valence-corrected chi connectivity index (χ3v) is 5.00. The van der Waals surface area contributed by atoms with Gasteiger partial charge in [-0.05, 0) is 69.0 Å². The molecule has 2 aliphatic rings. The first kappa shape index (κ1) is 16.3. The van der Waals surface area contributed by atoms with Crippen molar-refractivity contribution in [1.29, 1.82) is 0 Å². The molecule has 0 spiro atoms. The molecule has 0 aromatic heterocycles. The van der Waals surface area contributed by atoms with Crippen LogP contribution in [0, 0.1) is 5.92 Å². The van der Waals surface area contributed by atoms with Crippen LogP contribution >= 0.6 is 0 Å². The number of hydrogen-bond donors (Lipinski definition) is 2. The van der Waals surface area contributed by atoms with E-state index < -0.39 is 0 Å². The van der Waals surface area contributed by atoms with Crippen molar-refractivity contribution >= 4 is 5.91 Å². The van der Waals surface area contributed by atoms with Gasteiger partial charge in [0.25, 0.3) is 5.91 Å². The SMILES string of the molecule is O=C(NC1CCNCC1)c1ccc(OCC2CCCCC2)cc1. The molecule has 0 unspecified atom stereocenters. The summed E-state index contributed by atoms with van der Waals surface area (Å²) in [6.45, 7) is 2.78. The molecule has 1 saturated heterocycles. The number of carbonyl (C=O) groups is 1. The fraction of sp³-hybridized carbons (Fsp3) is 0.632. The number of piperidine rings is 1. The minimum absolute atomic E-state index is 0.0238. The Balaban J connectivity index is 1.46. The van der Waals surface area contributed by atoms with Crippen molar-refractivity contribution in [2.45, 2.75) is 51.0 Å². The molecule has 23 heavy (non-hydrogen) atoms. The van der Waals surface area contributed by atoms with Crippen LogP contribution in [0.4, 0.5) is 0 Å². The molecule has 3 rings (SSSR count). The molecule has 2 fully saturated rings. The fourth-order valence-corrected chi connectivity index (χ4v) is 3.51. The first-order chi connectivity index (χ1) is 11.3. The lowest BCUT2D eigenvalue weighted by atomic mass is 9.90. The van der Waals surface area contributed by atoms with Crippen molar-refractivity contribution < 1.29 is 9.53 Å². The number of amides is 1. The Morgan fingerprint density at radius 3 is 2.43 bits per heavy atom. The van der Waals surface area contributed by atoms with Gasteiger partial charge >= 0.3 is 0 Å². The molecule has 1 aliphatic heterocycles. The van der Waals surface area contributed by atoms with E-state index in [2.05, 4.69) is 10.6 Å².